The maximum absolute atomic E-state index is 12.8. The molecule has 1 aliphatic rings. The molecule has 3 rings (SSSR count). The number of carbonyl (C=O) groups excluding carboxylic acids is 1. The second-order valence-electron chi connectivity index (χ2n) is 6.67. The Labute approximate surface area is 159 Å². The summed E-state index contributed by atoms with van der Waals surface area (Å²) in [6.07, 6.45) is -0.624. The van der Waals surface area contributed by atoms with Crippen LogP contribution >= 0.6 is 0 Å². The second-order valence-corrected chi connectivity index (χ2v) is 6.67. The Morgan fingerprint density at radius 2 is 1.85 bits per heavy atom. The summed E-state index contributed by atoms with van der Waals surface area (Å²) in [5.74, 6) is -0.175. The molecule has 1 heterocycles. The van der Waals surface area contributed by atoms with Crippen LogP contribution in [0.4, 0.5) is 5.69 Å². The lowest BCUT2D eigenvalue weighted by molar-refractivity contribution is -0.121. The summed E-state index contributed by atoms with van der Waals surface area (Å²) in [6, 6.07) is 16.4. The molecule has 0 aliphatic carbocycles. The van der Waals surface area contributed by atoms with Crippen molar-refractivity contribution in [3.05, 3.63) is 65.7 Å². The highest BCUT2D eigenvalue weighted by Crippen LogP contribution is 2.30. The minimum atomic E-state index is -0.760. The van der Waals surface area contributed by atoms with E-state index >= 15 is 0 Å². The van der Waals surface area contributed by atoms with Gasteiger partial charge in [-0.15, -0.1) is 0 Å². The predicted octanol–water partition coefficient (Wildman–Crippen LogP) is 1.56. The van der Waals surface area contributed by atoms with Crippen molar-refractivity contribution in [2.45, 2.75) is 25.2 Å². The normalized spacial score (nSPS) is 20.4. The Bertz CT molecular complexity index is 820. The fourth-order valence-corrected chi connectivity index (χ4v) is 3.33. The Hall–Kier alpha value is -2.54. The molecule has 3 atom stereocenters. The average molecular weight is 366 g/mol. The molecule has 0 aromatic heterocycles. The van der Waals surface area contributed by atoms with E-state index in [9.17, 15) is 4.79 Å². The molecule has 3 unspecified atom stereocenters. The van der Waals surface area contributed by atoms with Gasteiger partial charge in [-0.05, 0) is 13.0 Å². The zero-order valence-electron chi connectivity index (χ0n) is 15.7. The standard InChI is InChI=1S/C21H26N4O2/c1-14(22)20(26)19-21(23)25(12-13-27-2)17-11-7-6-10-16(17)18(24-19)15-8-4-3-5-9-15/h3-11,14,19,21H,12-13,22-23H2,1-2H3. The van der Waals surface area contributed by atoms with E-state index in [4.69, 9.17) is 21.2 Å². The number of carbonyl (C=O) groups is 1. The third-order valence-electron chi connectivity index (χ3n) is 4.74. The number of rotatable bonds is 6. The van der Waals surface area contributed by atoms with E-state index in [1.807, 2.05) is 59.5 Å². The largest absolute Gasteiger partial charge is 0.383 e. The molecule has 0 saturated carbocycles. The van der Waals surface area contributed by atoms with Gasteiger partial charge in [0.15, 0.2) is 5.78 Å². The minimum Gasteiger partial charge on any atom is -0.383 e. The van der Waals surface area contributed by atoms with Crippen molar-refractivity contribution in [1.29, 1.82) is 0 Å². The Kier molecular flexibility index (Phi) is 6.01. The number of nitrogens with two attached hydrogens (primary N) is 2. The van der Waals surface area contributed by atoms with Gasteiger partial charge in [0.25, 0.3) is 0 Å². The number of aliphatic imine (C=N–C) groups is 1. The van der Waals surface area contributed by atoms with Crippen molar-refractivity contribution in [3.63, 3.8) is 0 Å². The highest BCUT2D eigenvalue weighted by atomic mass is 16.5. The van der Waals surface area contributed by atoms with Crippen LogP contribution in [0.5, 0.6) is 0 Å². The van der Waals surface area contributed by atoms with Gasteiger partial charge in [0.1, 0.15) is 12.2 Å². The van der Waals surface area contributed by atoms with Gasteiger partial charge in [0.05, 0.1) is 18.4 Å². The molecule has 0 bridgehead atoms. The summed E-state index contributed by atoms with van der Waals surface area (Å²) in [5.41, 5.74) is 16.0. The number of methoxy groups -OCH3 is 1. The Morgan fingerprint density at radius 1 is 1.19 bits per heavy atom. The number of para-hydroxylation sites is 1. The van der Waals surface area contributed by atoms with Crippen molar-refractivity contribution in [2.24, 2.45) is 16.5 Å². The maximum Gasteiger partial charge on any atom is 0.177 e. The summed E-state index contributed by atoms with van der Waals surface area (Å²) >= 11 is 0. The van der Waals surface area contributed by atoms with Crippen LogP contribution in [0.1, 0.15) is 18.1 Å². The van der Waals surface area contributed by atoms with Crippen molar-refractivity contribution >= 4 is 17.2 Å². The fraction of sp³-hybridized carbons (Fsp3) is 0.333. The van der Waals surface area contributed by atoms with Gasteiger partial charge in [-0.3, -0.25) is 9.79 Å². The number of Topliss-reactive ketones (excluding diaryl/α,β-unsaturated/α-hetero) is 1. The SMILES string of the molecule is COCCN1c2ccccc2C(c2ccccc2)=NC(C(=O)C(C)N)C1N. The number of benzene rings is 2. The molecule has 0 saturated heterocycles. The van der Waals surface area contributed by atoms with E-state index in [0.29, 0.717) is 13.2 Å². The van der Waals surface area contributed by atoms with Crippen molar-refractivity contribution in [1.82, 2.24) is 0 Å². The number of anilines is 1. The van der Waals surface area contributed by atoms with E-state index in [2.05, 4.69) is 0 Å². The number of hydrogen-bond acceptors (Lipinski definition) is 6. The van der Waals surface area contributed by atoms with Crippen molar-refractivity contribution < 1.29 is 9.53 Å². The summed E-state index contributed by atoms with van der Waals surface area (Å²) in [5, 5.41) is 0. The van der Waals surface area contributed by atoms with Crippen LogP contribution in [0.2, 0.25) is 0 Å². The van der Waals surface area contributed by atoms with Gasteiger partial charge in [-0.2, -0.15) is 0 Å². The topological polar surface area (TPSA) is 93.9 Å². The van der Waals surface area contributed by atoms with E-state index in [0.717, 1.165) is 22.5 Å². The molecule has 2 aromatic rings. The lowest BCUT2D eigenvalue weighted by Gasteiger charge is -2.33. The van der Waals surface area contributed by atoms with E-state index < -0.39 is 18.2 Å². The summed E-state index contributed by atoms with van der Waals surface area (Å²) in [4.78, 5) is 19.7. The lowest BCUT2D eigenvalue weighted by Crippen LogP contribution is -2.55. The smallest absolute Gasteiger partial charge is 0.177 e. The molecule has 0 amide bonds. The molecule has 0 spiro atoms. The monoisotopic (exact) mass is 366 g/mol. The molecule has 2 aromatic carbocycles. The number of hydrogen-bond donors (Lipinski definition) is 2. The number of ether oxygens (including phenoxy) is 1. The van der Waals surface area contributed by atoms with Crippen LogP contribution in [0, 0.1) is 0 Å². The first-order valence-corrected chi connectivity index (χ1v) is 9.07. The first-order valence-electron chi connectivity index (χ1n) is 9.07. The highest BCUT2D eigenvalue weighted by Gasteiger charge is 2.36. The molecule has 4 N–H and O–H groups in total. The number of benzodiazepines with no additional fused rings is 1. The van der Waals surface area contributed by atoms with Gasteiger partial charge >= 0.3 is 0 Å². The molecular weight excluding hydrogens is 340 g/mol. The quantitative estimate of drug-likeness (QED) is 0.809. The predicted molar refractivity (Wildman–Crippen MR) is 108 cm³/mol. The van der Waals surface area contributed by atoms with Crippen molar-refractivity contribution in [2.75, 3.05) is 25.2 Å². The highest BCUT2D eigenvalue weighted by molar-refractivity contribution is 6.17. The van der Waals surface area contributed by atoms with Gasteiger partial charge in [-0.1, -0.05) is 48.5 Å². The third-order valence-corrected chi connectivity index (χ3v) is 4.74. The van der Waals surface area contributed by atoms with Crippen LogP contribution in [0.3, 0.4) is 0 Å². The van der Waals surface area contributed by atoms with Crippen LogP contribution in [-0.4, -0.2) is 50.0 Å². The molecular formula is C21H26N4O2. The summed E-state index contributed by atoms with van der Waals surface area (Å²) in [7, 11) is 1.64. The third kappa shape index (κ3) is 3.93. The first kappa shape index (κ1) is 19.2. The van der Waals surface area contributed by atoms with Gasteiger partial charge in [-0.25, -0.2) is 0 Å². The molecule has 0 radical (unpaired) electrons. The van der Waals surface area contributed by atoms with Crippen LogP contribution in [0.25, 0.3) is 0 Å². The average Bonchev–Trinajstić information content (AvgIpc) is 2.81. The molecule has 142 valence electrons. The van der Waals surface area contributed by atoms with Gasteiger partial charge in [0, 0.05) is 30.5 Å². The van der Waals surface area contributed by atoms with E-state index in [-0.39, 0.29) is 5.78 Å². The lowest BCUT2D eigenvalue weighted by atomic mass is 10.00. The van der Waals surface area contributed by atoms with Crippen LogP contribution < -0.4 is 16.4 Å². The molecule has 1 aliphatic heterocycles. The van der Waals surface area contributed by atoms with Crippen molar-refractivity contribution in [3.8, 4) is 0 Å². The minimum absolute atomic E-state index is 0.175. The first-order chi connectivity index (χ1) is 13.0. The zero-order valence-corrected chi connectivity index (χ0v) is 15.7. The fourth-order valence-electron chi connectivity index (χ4n) is 3.33. The Morgan fingerprint density at radius 3 is 2.52 bits per heavy atom. The van der Waals surface area contributed by atoms with E-state index in [1.165, 1.54) is 0 Å². The summed E-state index contributed by atoms with van der Waals surface area (Å²) in [6.45, 7) is 2.71. The van der Waals surface area contributed by atoms with E-state index in [1.54, 1.807) is 14.0 Å². The Balaban J connectivity index is 2.19. The zero-order chi connectivity index (χ0) is 19.4. The maximum atomic E-state index is 12.8. The van der Waals surface area contributed by atoms with Crippen LogP contribution in [0.15, 0.2) is 59.6 Å². The van der Waals surface area contributed by atoms with Gasteiger partial charge < -0.3 is 21.1 Å². The number of nitrogens with zero attached hydrogens (tertiary/aromatic N) is 2. The number of ketones is 1. The number of fused-ring (bicyclic) bond motifs is 1. The molecule has 0 fully saturated rings. The summed E-state index contributed by atoms with van der Waals surface area (Å²) < 4.78 is 5.26. The second kappa shape index (κ2) is 8.43. The van der Waals surface area contributed by atoms with Crippen LogP contribution in [-0.2, 0) is 9.53 Å². The van der Waals surface area contributed by atoms with Gasteiger partial charge in [0.2, 0.25) is 0 Å². The molecule has 27 heavy (non-hydrogen) atoms. The molecule has 6 nitrogen and oxygen atoms in total. The molecule has 6 heteroatoms.